The predicted molar refractivity (Wildman–Crippen MR) is 67.0 cm³/mol. The molecule has 0 atom stereocenters. The second kappa shape index (κ2) is 4.84. The Morgan fingerprint density at radius 1 is 1.06 bits per heavy atom. The Balaban J connectivity index is 3.15. The molecule has 0 bridgehead atoms. The maximum Gasteiger partial charge on any atom is 0.171 e. The van der Waals surface area contributed by atoms with Crippen LogP contribution < -0.4 is 0 Å². The number of nitrogens with zero attached hydrogens (tertiary/aromatic N) is 1. The molecule has 0 aromatic rings. The van der Waals surface area contributed by atoms with Crippen LogP contribution in [-0.4, -0.2) is 41.4 Å². The van der Waals surface area contributed by atoms with Crippen LogP contribution >= 0.6 is 0 Å². The van der Waals surface area contributed by atoms with Crippen molar-refractivity contribution in [3.8, 4) is 0 Å². The van der Waals surface area contributed by atoms with Crippen molar-refractivity contribution in [3.63, 3.8) is 0 Å². The molecule has 0 amide bonds. The third kappa shape index (κ3) is 2.36. The van der Waals surface area contributed by atoms with Gasteiger partial charge in [0.1, 0.15) is 0 Å². The van der Waals surface area contributed by atoms with Crippen LogP contribution in [0.5, 0.6) is 0 Å². The third-order valence-electron chi connectivity index (χ3n) is 4.38. The summed E-state index contributed by atoms with van der Waals surface area (Å²) in [5.74, 6) is -0.589. The van der Waals surface area contributed by atoms with Crippen molar-refractivity contribution in [1.82, 2.24) is 5.06 Å². The number of hydrogen-bond donors (Lipinski definition) is 1. The van der Waals surface area contributed by atoms with Crippen molar-refractivity contribution in [3.05, 3.63) is 0 Å². The lowest BCUT2D eigenvalue weighted by Gasteiger charge is -2.57. The van der Waals surface area contributed by atoms with Crippen LogP contribution in [-0.2, 0) is 9.47 Å². The lowest BCUT2D eigenvalue weighted by molar-refractivity contribution is -0.338. The summed E-state index contributed by atoms with van der Waals surface area (Å²) < 4.78 is 11.2. The lowest BCUT2D eigenvalue weighted by atomic mass is 9.73. The molecule has 1 rings (SSSR count). The molecule has 1 heterocycles. The highest BCUT2D eigenvalue weighted by molar-refractivity contribution is 5.03. The second-order valence-corrected chi connectivity index (χ2v) is 5.73. The summed E-state index contributed by atoms with van der Waals surface area (Å²) in [6.45, 7) is 8.26. The largest absolute Gasteiger partial charge is 0.353 e. The zero-order valence-corrected chi connectivity index (χ0v) is 12.0. The Hall–Kier alpha value is -0.160. The Morgan fingerprint density at radius 3 is 1.88 bits per heavy atom. The average molecular weight is 245 g/mol. The van der Waals surface area contributed by atoms with Crippen molar-refractivity contribution in [1.29, 1.82) is 0 Å². The normalized spacial score (nSPS) is 27.0. The fourth-order valence-electron chi connectivity index (χ4n) is 3.19. The minimum absolute atomic E-state index is 0.270. The van der Waals surface area contributed by atoms with Gasteiger partial charge in [-0.05, 0) is 26.7 Å². The maximum atomic E-state index is 10.5. The van der Waals surface area contributed by atoms with Crippen molar-refractivity contribution >= 4 is 0 Å². The Labute approximate surface area is 105 Å². The highest BCUT2D eigenvalue weighted by Crippen LogP contribution is 2.47. The summed E-state index contributed by atoms with van der Waals surface area (Å²) in [7, 11) is 3.37. The van der Waals surface area contributed by atoms with Gasteiger partial charge in [-0.15, -0.1) is 0 Å². The van der Waals surface area contributed by atoms with E-state index in [0.717, 1.165) is 12.8 Å². The van der Waals surface area contributed by atoms with E-state index in [1.54, 1.807) is 14.2 Å². The monoisotopic (exact) mass is 245 g/mol. The molecule has 102 valence electrons. The van der Waals surface area contributed by atoms with E-state index in [1.165, 1.54) is 5.06 Å². The van der Waals surface area contributed by atoms with Gasteiger partial charge in [-0.2, -0.15) is 5.06 Å². The van der Waals surface area contributed by atoms with Crippen LogP contribution in [0.25, 0.3) is 0 Å². The van der Waals surface area contributed by atoms with Crippen LogP contribution in [0.15, 0.2) is 0 Å². The molecule has 1 aliphatic heterocycles. The Morgan fingerprint density at radius 2 is 1.53 bits per heavy atom. The number of methoxy groups -OCH3 is 2. The van der Waals surface area contributed by atoms with E-state index in [2.05, 4.69) is 13.8 Å². The number of ether oxygens (including phenoxy) is 2. The fourth-order valence-corrected chi connectivity index (χ4v) is 3.19. The molecule has 0 saturated carbocycles. The SMILES string of the molecule is CCC1(CC)CC(OC)(OC)CC(C)(C)N1O. The summed E-state index contributed by atoms with van der Waals surface area (Å²) in [6, 6.07) is 0. The highest BCUT2D eigenvalue weighted by atomic mass is 16.7. The molecule has 0 unspecified atom stereocenters. The molecular weight excluding hydrogens is 218 g/mol. The van der Waals surface area contributed by atoms with Crippen molar-refractivity contribution in [2.45, 2.75) is 70.2 Å². The number of rotatable bonds is 4. The molecule has 1 N–H and O–H groups in total. The van der Waals surface area contributed by atoms with Gasteiger partial charge in [-0.25, -0.2) is 0 Å². The maximum absolute atomic E-state index is 10.5. The number of hydrogen-bond acceptors (Lipinski definition) is 4. The first kappa shape index (κ1) is 14.9. The van der Waals surface area contributed by atoms with Gasteiger partial charge in [-0.3, -0.25) is 0 Å². The third-order valence-corrected chi connectivity index (χ3v) is 4.38. The lowest BCUT2D eigenvalue weighted by Crippen LogP contribution is -2.66. The quantitative estimate of drug-likeness (QED) is 0.773. The van der Waals surface area contributed by atoms with Crippen LogP contribution in [0.3, 0.4) is 0 Å². The van der Waals surface area contributed by atoms with Crippen LogP contribution in [0.1, 0.15) is 53.4 Å². The van der Waals surface area contributed by atoms with Crippen LogP contribution in [0, 0.1) is 0 Å². The smallest absolute Gasteiger partial charge is 0.171 e. The molecule has 1 fully saturated rings. The highest BCUT2D eigenvalue weighted by Gasteiger charge is 2.55. The molecule has 4 heteroatoms. The summed E-state index contributed by atoms with van der Waals surface area (Å²) in [6.07, 6.45) is 3.10. The second-order valence-electron chi connectivity index (χ2n) is 5.73. The molecule has 4 nitrogen and oxygen atoms in total. The summed E-state index contributed by atoms with van der Waals surface area (Å²) in [5.41, 5.74) is -0.621. The molecule has 0 aliphatic carbocycles. The summed E-state index contributed by atoms with van der Waals surface area (Å²) >= 11 is 0. The van der Waals surface area contributed by atoms with Crippen molar-refractivity contribution < 1.29 is 14.7 Å². The number of piperidine rings is 1. The molecule has 0 radical (unpaired) electrons. The van der Waals surface area contributed by atoms with E-state index >= 15 is 0 Å². The van der Waals surface area contributed by atoms with E-state index in [0.29, 0.717) is 12.8 Å². The van der Waals surface area contributed by atoms with Gasteiger partial charge in [0.2, 0.25) is 0 Å². The van der Waals surface area contributed by atoms with E-state index in [1.807, 2.05) is 13.8 Å². The van der Waals surface area contributed by atoms with Crippen molar-refractivity contribution in [2.75, 3.05) is 14.2 Å². The molecule has 0 spiro atoms. The first-order valence-corrected chi connectivity index (χ1v) is 6.41. The average Bonchev–Trinajstić information content (AvgIpc) is 2.33. The van der Waals surface area contributed by atoms with Gasteiger partial charge < -0.3 is 14.7 Å². The van der Waals surface area contributed by atoms with Crippen LogP contribution in [0.4, 0.5) is 0 Å². The van der Waals surface area contributed by atoms with Gasteiger partial charge >= 0.3 is 0 Å². The molecule has 17 heavy (non-hydrogen) atoms. The van der Waals surface area contributed by atoms with Gasteiger partial charge in [-0.1, -0.05) is 13.8 Å². The van der Waals surface area contributed by atoms with E-state index < -0.39 is 5.79 Å². The minimum Gasteiger partial charge on any atom is -0.353 e. The first-order valence-electron chi connectivity index (χ1n) is 6.41. The molecular formula is C13H27NO3. The van der Waals surface area contributed by atoms with E-state index in [-0.39, 0.29) is 11.1 Å². The minimum atomic E-state index is -0.589. The zero-order valence-electron chi connectivity index (χ0n) is 12.0. The van der Waals surface area contributed by atoms with Gasteiger partial charge in [0.25, 0.3) is 0 Å². The van der Waals surface area contributed by atoms with Crippen molar-refractivity contribution in [2.24, 2.45) is 0 Å². The topological polar surface area (TPSA) is 41.9 Å². The Kier molecular flexibility index (Phi) is 4.24. The standard InChI is InChI=1S/C13H27NO3/c1-7-12(8-2)10-13(16-5,17-6)9-11(3,4)14(12)15/h15H,7-10H2,1-6H3. The fraction of sp³-hybridized carbons (Fsp3) is 1.00. The molecule has 0 aromatic carbocycles. The zero-order chi connectivity index (χ0) is 13.3. The van der Waals surface area contributed by atoms with E-state index in [4.69, 9.17) is 9.47 Å². The molecule has 0 aromatic heterocycles. The van der Waals surface area contributed by atoms with Gasteiger partial charge in [0, 0.05) is 32.6 Å². The van der Waals surface area contributed by atoms with E-state index in [9.17, 15) is 5.21 Å². The first-order chi connectivity index (χ1) is 7.81. The van der Waals surface area contributed by atoms with Crippen LogP contribution in [0.2, 0.25) is 0 Å². The predicted octanol–water partition coefficient (Wildman–Crippen LogP) is 2.80. The Bertz CT molecular complexity index is 257. The molecule has 1 aliphatic rings. The van der Waals surface area contributed by atoms with Gasteiger partial charge in [0.15, 0.2) is 5.79 Å². The summed E-state index contributed by atoms with van der Waals surface area (Å²) in [4.78, 5) is 0. The number of hydroxylamine groups is 2. The summed E-state index contributed by atoms with van der Waals surface area (Å²) in [5, 5.41) is 12.0. The van der Waals surface area contributed by atoms with Gasteiger partial charge in [0.05, 0.1) is 5.54 Å². The molecule has 1 saturated heterocycles.